The van der Waals surface area contributed by atoms with Gasteiger partial charge in [0.05, 0.1) is 26.0 Å². The minimum absolute atomic E-state index is 0.00118. The number of nitrogens with zero attached hydrogens (tertiary/aromatic N) is 2. The van der Waals surface area contributed by atoms with Crippen LogP contribution in [-0.4, -0.2) is 49.6 Å². The average Bonchev–Trinajstić information content (AvgIpc) is 2.93. The molecule has 1 aliphatic rings. The van der Waals surface area contributed by atoms with E-state index in [1.165, 1.54) is 0 Å². The van der Waals surface area contributed by atoms with E-state index in [1.807, 2.05) is 66.7 Å². The fourth-order valence-electron chi connectivity index (χ4n) is 4.36. The molecule has 0 aliphatic carbocycles. The molecule has 0 saturated carbocycles. The van der Waals surface area contributed by atoms with E-state index in [0.29, 0.717) is 0 Å². The van der Waals surface area contributed by atoms with Crippen LogP contribution >= 0.6 is 0 Å². The van der Waals surface area contributed by atoms with Crippen LogP contribution in [0.1, 0.15) is 35.7 Å². The molecule has 6 heteroatoms. The second kappa shape index (κ2) is 12.2. The van der Waals surface area contributed by atoms with Crippen molar-refractivity contribution in [2.24, 2.45) is 5.92 Å². The first-order valence-corrected chi connectivity index (χ1v) is 12.0. The normalized spacial score (nSPS) is 15.6. The first-order chi connectivity index (χ1) is 17.2. The summed E-state index contributed by atoms with van der Waals surface area (Å²) in [5, 5.41) is 3.26. The third-order valence-corrected chi connectivity index (χ3v) is 6.47. The first kappa shape index (κ1) is 24.5. The van der Waals surface area contributed by atoms with Crippen LogP contribution in [0.2, 0.25) is 0 Å². The molecule has 1 aliphatic heterocycles. The number of nitrogens with one attached hydrogen (secondary N) is 1. The van der Waals surface area contributed by atoms with Gasteiger partial charge in [0.15, 0.2) is 0 Å². The molecule has 1 unspecified atom stereocenters. The topological polar surface area (TPSA) is 63.7 Å². The highest BCUT2D eigenvalue weighted by molar-refractivity contribution is 5.79. The van der Waals surface area contributed by atoms with Crippen LogP contribution in [0.15, 0.2) is 79.0 Å². The highest BCUT2D eigenvalue weighted by Crippen LogP contribution is 2.25. The van der Waals surface area contributed by atoms with E-state index < -0.39 is 0 Å². The Kier molecular flexibility index (Phi) is 8.52. The van der Waals surface area contributed by atoms with Gasteiger partial charge in [-0.1, -0.05) is 42.5 Å². The Bertz CT molecular complexity index is 1090. The van der Waals surface area contributed by atoms with Crippen LogP contribution < -0.4 is 14.8 Å². The molecule has 1 fully saturated rings. The Balaban J connectivity index is 1.32. The SMILES string of the molecule is COc1ccc(/C=C/CN2CCC(C(=O)NC(c3ccc(OC)cc3)c3ccccn3)CC2)cc1. The zero-order valence-corrected chi connectivity index (χ0v) is 20.4. The van der Waals surface area contributed by atoms with Crippen molar-refractivity contribution in [3.8, 4) is 11.5 Å². The van der Waals surface area contributed by atoms with E-state index in [2.05, 4.69) is 27.4 Å². The van der Waals surface area contributed by atoms with Crippen molar-refractivity contribution in [2.75, 3.05) is 33.9 Å². The molecular weight excluding hydrogens is 438 g/mol. The highest BCUT2D eigenvalue weighted by atomic mass is 16.5. The van der Waals surface area contributed by atoms with Crippen molar-refractivity contribution < 1.29 is 14.3 Å². The van der Waals surface area contributed by atoms with Crippen molar-refractivity contribution in [1.29, 1.82) is 0 Å². The third-order valence-electron chi connectivity index (χ3n) is 6.47. The maximum absolute atomic E-state index is 13.2. The number of piperidine rings is 1. The minimum Gasteiger partial charge on any atom is -0.497 e. The molecule has 1 amide bonds. The monoisotopic (exact) mass is 471 g/mol. The van der Waals surface area contributed by atoms with Crippen LogP contribution in [-0.2, 0) is 4.79 Å². The number of methoxy groups -OCH3 is 2. The molecule has 2 heterocycles. The summed E-state index contributed by atoms with van der Waals surface area (Å²) in [6.45, 7) is 2.69. The van der Waals surface area contributed by atoms with Gasteiger partial charge < -0.3 is 14.8 Å². The summed E-state index contributed by atoms with van der Waals surface area (Å²) in [5.41, 5.74) is 2.96. The number of benzene rings is 2. The molecule has 6 nitrogen and oxygen atoms in total. The lowest BCUT2D eigenvalue weighted by atomic mass is 9.94. The fraction of sp³-hybridized carbons (Fsp3) is 0.310. The van der Waals surface area contributed by atoms with Crippen molar-refractivity contribution in [3.63, 3.8) is 0 Å². The number of carbonyl (C=O) groups is 1. The van der Waals surface area contributed by atoms with Crippen LogP contribution in [0.3, 0.4) is 0 Å². The molecule has 1 saturated heterocycles. The summed E-state index contributed by atoms with van der Waals surface area (Å²) < 4.78 is 10.5. The summed E-state index contributed by atoms with van der Waals surface area (Å²) in [6.07, 6.45) is 7.77. The molecule has 0 bridgehead atoms. The smallest absolute Gasteiger partial charge is 0.224 e. The second-order valence-corrected chi connectivity index (χ2v) is 8.72. The summed E-state index contributed by atoms with van der Waals surface area (Å²) in [7, 11) is 3.32. The van der Waals surface area contributed by atoms with E-state index in [1.54, 1.807) is 20.4 Å². The number of hydrogen-bond acceptors (Lipinski definition) is 5. The lowest BCUT2D eigenvalue weighted by molar-refractivity contribution is -0.126. The largest absolute Gasteiger partial charge is 0.497 e. The van der Waals surface area contributed by atoms with Gasteiger partial charge >= 0.3 is 0 Å². The molecule has 2 aromatic carbocycles. The number of amides is 1. The molecule has 1 atom stereocenters. The summed E-state index contributed by atoms with van der Waals surface area (Å²) in [6, 6.07) is 21.3. The Labute approximate surface area is 207 Å². The van der Waals surface area contributed by atoms with Gasteiger partial charge in [0.1, 0.15) is 11.5 Å². The van der Waals surface area contributed by atoms with Gasteiger partial charge in [0.25, 0.3) is 0 Å². The van der Waals surface area contributed by atoms with E-state index >= 15 is 0 Å². The van der Waals surface area contributed by atoms with Crippen LogP contribution in [0.5, 0.6) is 11.5 Å². The van der Waals surface area contributed by atoms with E-state index in [-0.39, 0.29) is 17.9 Å². The Morgan fingerprint density at radius 2 is 1.66 bits per heavy atom. The highest BCUT2D eigenvalue weighted by Gasteiger charge is 2.27. The van der Waals surface area contributed by atoms with Crippen molar-refractivity contribution in [3.05, 3.63) is 95.8 Å². The quantitative estimate of drug-likeness (QED) is 0.489. The number of pyridine rings is 1. The minimum atomic E-state index is -0.292. The lowest BCUT2D eigenvalue weighted by Gasteiger charge is -2.31. The van der Waals surface area contributed by atoms with Gasteiger partial charge in [-0.3, -0.25) is 14.7 Å². The average molecular weight is 472 g/mol. The number of likely N-dealkylation sites (tertiary alicyclic amines) is 1. The molecule has 0 radical (unpaired) electrons. The molecule has 0 spiro atoms. The molecule has 3 aromatic rings. The number of hydrogen-bond donors (Lipinski definition) is 1. The van der Waals surface area contributed by atoms with Crippen LogP contribution in [0.4, 0.5) is 0 Å². The predicted molar refractivity (Wildman–Crippen MR) is 138 cm³/mol. The Morgan fingerprint density at radius 1 is 1.00 bits per heavy atom. The van der Waals surface area contributed by atoms with Crippen molar-refractivity contribution in [1.82, 2.24) is 15.2 Å². The fourth-order valence-corrected chi connectivity index (χ4v) is 4.36. The van der Waals surface area contributed by atoms with Crippen molar-refractivity contribution in [2.45, 2.75) is 18.9 Å². The number of carbonyl (C=O) groups excluding carboxylic acids is 1. The van der Waals surface area contributed by atoms with Crippen LogP contribution in [0, 0.1) is 5.92 Å². The molecule has 1 aromatic heterocycles. The number of aromatic nitrogens is 1. The van der Waals surface area contributed by atoms with Gasteiger partial charge in [-0.25, -0.2) is 0 Å². The van der Waals surface area contributed by atoms with Gasteiger partial charge in [-0.15, -0.1) is 0 Å². The van der Waals surface area contributed by atoms with Crippen molar-refractivity contribution >= 4 is 12.0 Å². The molecule has 4 rings (SSSR count). The van der Waals surface area contributed by atoms with Gasteiger partial charge in [-0.2, -0.15) is 0 Å². The standard InChI is InChI=1S/C29H33N3O3/c1-34-25-12-8-22(9-13-25)6-5-19-32-20-16-24(17-21-32)29(33)31-28(27-7-3-4-18-30-27)23-10-14-26(35-2)15-11-23/h3-15,18,24,28H,16-17,19-21H2,1-2H3,(H,31,33)/b6-5+. The molecule has 182 valence electrons. The number of rotatable bonds is 9. The molecular formula is C29H33N3O3. The Hall–Kier alpha value is -3.64. The van der Waals surface area contributed by atoms with Gasteiger partial charge in [0.2, 0.25) is 5.91 Å². The lowest BCUT2D eigenvalue weighted by Crippen LogP contribution is -2.41. The molecule has 1 N–H and O–H groups in total. The summed E-state index contributed by atoms with van der Waals surface area (Å²) >= 11 is 0. The second-order valence-electron chi connectivity index (χ2n) is 8.72. The molecule has 35 heavy (non-hydrogen) atoms. The van der Waals surface area contributed by atoms with E-state index in [4.69, 9.17) is 9.47 Å². The van der Waals surface area contributed by atoms with Crippen LogP contribution in [0.25, 0.3) is 6.08 Å². The zero-order chi connectivity index (χ0) is 24.5. The van der Waals surface area contributed by atoms with E-state index in [9.17, 15) is 4.79 Å². The maximum atomic E-state index is 13.2. The Morgan fingerprint density at radius 3 is 2.26 bits per heavy atom. The summed E-state index contributed by atoms with van der Waals surface area (Å²) in [4.78, 5) is 20.1. The van der Waals surface area contributed by atoms with E-state index in [0.717, 1.165) is 60.8 Å². The third kappa shape index (κ3) is 6.70. The summed E-state index contributed by atoms with van der Waals surface area (Å²) in [5.74, 6) is 1.74. The maximum Gasteiger partial charge on any atom is 0.224 e. The van der Waals surface area contributed by atoms with Gasteiger partial charge in [-0.05, 0) is 73.5 Å². The number of ether oxygens (including phenoxy) is 2. The zero-order valence-electron chi connectivity index (χ0n) is 20.4. The first-order valence-electron chi connectivity index (χ1n) is 12.0. The van der Waals surface area contributed by atoms with Gasteiger partial charge in [0, 0.05) is 18.7 Å². The predicted octanol–water partition coefficient (Wildman–Crippen LogP) is 4.73.